The molecule has 31 heavy (non-hydrogen) atoms. The number of alkyl carbamates (subject to hydrolysis) is 1. The van der Waals surface area contributed by atoms with Crippen LogP contribution in [0.3, 0.4) is 0 Å². The van der Waals surface area contributed by atoms with E-state index in [1.165, 1.54) is 17.2 Å². The molecule has 2 N–H and O–H groups in total. The van der Waals surface area contributed by atoms with Gasteiger partial charge in [-0.05, 0) is 40.5 Å². The molecule has 1 atom stereocenters. The van der Waals surface area contributed by atoms with E-state index in [1.54, 1.807) is 12.1 Å². The summed E-state index contributed by atoms with van der Waals surface area (Å²) >= 11 is 0. The molecule has 2 aliphatic rings. The highest BCUT2D eigenvalue weighted by Crippen LogP contribution is 2.44. The molecule has 3 aromatic rings. The Morgan fingerprint density at radius 2 is 1.65 bits per heavy atom. The van der Waals surface area contributed by atoms with E-state index in [-0.39, 0.29) is 24.0 Å². The van der Waals surface area contributed by atoms with E-state index in [9.17, 15) is 14.7 Å². The predicted molar refractivity (Wildman–Crippen MR) is 115 cm³/mol. The van der Waals surface area contributed by atoms with Gasteiger partial charge in [-0.1, -0.05) is 48.5 Å². The van der Waals surface area contributed by atoms with Crippen molar-refractivity contribution < 1.29 is 24.2 Å². The molecule has 0 fully saturated rings. The van der Waals surface area contributed by atoms with Crippen molar-refractivity contribution in [1.82, 2.24) is 5.32 Å². The van der Waals surface area contributed by atoms with E-state index in [2.05, 4.69) is 29.6 Å². The maximum Gasteiger partial charge on any atom is 0.407 e. The number of ether oxygens (including phenoxy) is 2. The topological polar surface area (TPSA) is 84.9 Å². The van der Waals surface area contributed by atoms with Crippen molar-refractivity contribution in [2.45, 2.75) is 11.8 Å². The van der Waals surface area contributed by atoms with Gasteiger partial charge in [0.05, 0.1) is 12.2 Å². The van der Waals surface area contributed by atoms with Crippen molar-refractivity contribution in [2.24, 2.45) is 0 Å². The molecule has 156 valence electrons. The van der Waals surface area contributed by atoms with Crippen LogP contribution in [0, 0.1) is 0 Å². The molecule has 0 spiro atoms. The van der Waals surface area contributed by atoms with Crippen LogP contribution in [0.5, 0.6) is 5.75 Å². The van der Waals surface area contributed by atoms with E-state index >= 15 is 0 Å². The Kier molecular flexibility index (Phi) is 4.82. The smallest absolute Gasteiger partial charge is 0.407 e. The zero-order chi connectivity index (χ0) is 21.4. The number of amides is 1. The Morgan fingerprint density at radius 1 is 0.968 bits per heavy atom. The first-order valence-corrected chi connectivity index (χ1v) is 10.2. The number of aromatic carboxylic acids is 1. The summed E-state index contributed by atoms with van der Waals surface area (Å²) in [6.45, 7) is 0.954. The van der Waals surface area contributed by atoms with E-state index in [0.29, 0.717) is 18.9 Å². The summed E-state index contributed by atoms with van der Waals surface area (Å²) in [6, 6.07) is 21.2. The van der Waals surface area contributed by atoms with Crippen molar-refractivity contribution in [2.75, 3.05) is 19.8 Å². The van der Waals surface area contributed by atoms with Crippen LogP contribution < -0.4 is 10.1 Å². The van der Waals surface area contributed by atoms with Crippen molar-refractivity contribution in [3.63, 3.8) is 0 Å². The third-order valence-corrected chi connectivity index (χ3v) is 5.97. The Labute approximate surface area is 179 Å². The molecule has 1 aliphatic heterocycles. The standard InChI is InChI=1S/C25H21NO5/c27-24(28)15-9-10-23-21(11-15)16(13-30-23)12-26-25(29)31-14-22-19-7-3-1-5-17(19)18-6-2-4-8-20(18)22/h1-11,16,22H,12-14H2,(H,26,29)(H,27,28). The summed E-state index contributed by atoms with van der Waals surface area (Å²) in [4.78, 5) is 23.6. The number of carbonyl (C=O) groups excluding carboxylic acids is 1. The number of carboxylic acids is 1. The summed E-state index contributed by atoms with van der Waals surface area (Å²) in [5.41, 5.74) is 5.68. The normalized spacial score (nSPS) is 16.1. The van der Waals surface area contributed by atoms with Crippen LogP contribution in [0.2, 0.25) is 0 Å². The minimum Gasteiger partial charge on any atom is -0.493 e. The lowest BCUT2D eigenvalue weighted by Gasteiger charge is -2.15. The summed E-state index contributed by atoms with van der Waals surface area (Å²) < 4.78 is 11.2. The molecule has 1 amide bonds. The molecule has 1 unspecified atom stereocenters. The molecule has 0 saturated heterocycles. The SMILES string of the molecule is O=C(NCC1COc2ccc(C(=O)O)cc21)OCC1c2ccccc2-c2ccccc21. The fourth-order valence-corrected chi connectivity index (χ4v) is 4.44. The molecule has 0 aromatic heterocycles. The molecule has 0 saturated carbocycles. The van der Waals surface area contributed by atoms with E-state index in [0.717, 1.165) is 16.7 Å². The van der Waals surface area contributed by atoms with E-state index < -0.39 is 12.1 Å². The number of hydrogen-bond donors (Lipinski definition) is 2. The summed E-state index contributed by atoms with van der Waals surface area (Å²) in [7, 11) is 0. The van der Waals surface area contributed by atoms with Crippen LogP contribution in [0.4, 0.5) is 4.79 Å². The second-order valence-electron chi connectivity index (χ2n) is 7.77. The third kappa shape index (κ3) is 3.50. The highest BCUT2D eigenvalue weighted by Gasteiger charge is 2.30. The molecular formula is C25H21NO5. The van der Waals surface area contributed by atoms with Crippen molar-refractivity contribution in [3.05, 3.63) is 89.0 Å². The predicted octanol–water partition coefficient (Wildman–Crippen LogP) is 4.40. The first-order chi connectivity index (χ1) is 15.1. The number of hydrogen-bond acceptors (Lipinski definition) is 4. The molecule has 0 radical (unpaired) electrons. The van der Waals surface area contributed by atoms with Gasteiger partial charge in [0.1, 0.15) is 12.4 Å². The highest BCUT2D eigenvalue weighted by molar-refractivity contribution is 5.88. The van der Waals surface area contributed by atoms with Gasteiger partial charge in [-0.15, -0.1) is 0 Å². The van der Waals surface area contributed by atoms with Crippen LogP contribution in [-0.4, -0.2) is 36.9 Å². The number of carboxylic acid groups (broad SMARTS) is 1. The van der Waals surface area contributed by atoms with Crippen LogP contribution in [0.15, 0.2) is 66.7 Å². The average molecular weight is 415 g/mol. The van der Waals surface area contributed by atoms with Crippen molar-refractivity contribution in [3.8, 4) is 16.9 Å². The quantitative estimate of drug-likeness (QED) is 0.645. The van der Waals surface area contributed by atoms with Crippen LogP contribution in [0.1, 0.15) is 38.9 Å². The van der Waals surface area contributed by atoms with E-state index in [4.69, 9.17) is 9.47 Å². The molecule has 1 aliphatic carbocycles. The zero-order valence-corrected chi connectivity index (χ0v) is 16.7. The molecule has 6 nitrogen and oxygen atoms in total. The number of nitrogens with one attached hydrogen (secondary N) is 1. The molecule has 0 bridgehead atoms. The van der Waals surface area contributed by atoms with Gasteiger partial charge in [-0.3, -0.25) is 0 Å². The summed E-state index contributed by atoms with van der Waals surface area (Å²) in [6.07, 6.45) is -0.496. The summed E-state index contributed by atoms with van der Waals surface area (Å²) in [5.74, 6) is -0.441. The molecular weight excluding hydrogens is 394 g/mol. The Balaban J connectivity index is 1.23. The number of carbonyl (C=O) groups is 2. The van der Waals surface area contributed by atoms with Gasteiger partial charge in [0.25, 0.3) is 0 Å². The lowest BCUT2D eigenvalue weighted by molar-refractivity contribution is 0.0696. The van der Waals surface area contributed by atoms with Crippen LogP contribution in [0.25, 0.3) is 11.1 Å². The van der Waals surface area contributed by atoms with Gasteiger partial charge in [0.2, 0.25) is 0 Å². The van der Waals surface area contributed by atoms with Crippen LogP contribution in [-0.2, 0) is 4.74 Å². The summed E-state index contributed by atoms with van der Waals surface area (Å²) in [5, 5.41) is 12.0. The number of rotatable bonds is 5. The molecule has 1 heterocycles. The third-order valence-electron chi connectivity index (χ3n) is 5.97. The lowest BCUT2D eigenvalue weighted by Crippen LogP contribution is -2.30. The van der Waals surface area contributed by atoms with Gasteiger partial charge < -0.3 is 19.9 Å². The maximum absolute atomic E-state index is 12.4. The molecule has 3 aromatic carbocycles. The largest absolute Gasteiger partial charge is 0.493 e. The molecule has 6 heteroatoms. The fraction of sp³-hybridized carbons (Fsp3) is 0.200. The van der Waals surface area contributed by atoms with Gasteiger partial charge in [-0.2, -0.15) is 0 Å². The Bertz CT molecular complexity index is 1130. The number of benzene rings is 3. The molecule has 5 rings (SSSR count). The fourth-order valence-electron chi connectivity index (χ4n) is 4.44. The number of fused-ring (bicyclic) bond motifs is 4. The van der Waals surface area contributed by atoms with E-state index in [1.807, 2.05) is 24.3 Å². The average Bonchev–Trinajstić information content (AvgIpc) is 3.34. The minimum absolute atomic E-state index is 0.00631. The Morgan fingerprint density at radius 3 is 2.32 bits per heavy atom. The maximum atomic E-state index is 12.4. The van der Waals surface area contributed by atoms with Gasteiger partial charge in [0, 0.05) is 23.9 Å². The highest BCUT2D eigenvalue weighted by atomic mass is 16.5. The van der Waals surface area contributed by atoms with Gasteiger partial charge in [0.15, 0.2) is 0 Å². The van der Waals surface area contributed by atoms with Crippen LogP contribution >= 0.6 is 0 Å². The van der Waals surface area contributed by atoms with Crippen molar-refractivity contribution >= 4 is 12.1 Å². The minimum atomic E-state index is -0.988. The van der Waals surface area contributed by atoms with Gasteiger partial charge in [-0.25, -0.2) is 9.59 Å². The Hall–Kier alpha value is -3.80. The second kappa shape index (κ2) is 7.80. The zero-order valence-electron chi connectivity index (χ0n) is 16.7. The first-order valence-electron chi connectivity index (χ1n) is 10.2. The lowest BCUT2D eigenvalue weighted by atomic mass is 9.98. The second-order valence-corrected chi connectivity index (χ2v) is 7.77. The van der Waals surface area contributed by atoms with Crippen molar-refractivity contribution in [1.29, 1.82) is 0 Å². The van der Waals surface area contributed by atoms with Gasteiger partial charge >= 0.3 is 12.1 Å². The monoisotopic (exact) mass is 415 g/mol. The first kappa shape index (κ1) is 19.2.